The molecule has 23 heavy (non-hydrogen) atoms. The van der Waals surface area contributed by atoms with E-state index in [2.05, 4.69) is 10.6 Å². The molecule has 0 atom stereocenters. The Bertz CT molecular complexity index is 642. The van der Waals surface area contributed by atoms with Crippen molar-refractivity contribution in [3.63, 3.8) is 0 Å². The molecule has 0 radical (unpaired) electrons. The molecule has 2 aliphatic heterocycles. The standard InChI is InChI=1S/C15H17N3O4.ClH/c19-13(18-21)4-2-10-1-3-12-11(9-10)14(20)17-15(22-12)5-7-16-8-6-15;/h1-4,9,16,21H,5-8H2,(H,17,20)(H,18,19);1H/b4-2+;. The van der Waals surface area contributed by atoms with E-state index in [9.17, 15) is 9.59 Å². The monoisotopic (exact) mass is 339 g/mol. The van der Waals surface area contributed by atoms with Crippen LogP contribution in [0.5, 0.6) is 5.75 Å². The summed E-state index contributed by atoms with van der Waals surface area (Å²) in [5, 5.41) is 14.6. The summed E-state index contributed by atoms with van der Waals surface area (Å²) < 4.78 is 6.02. The Morgan fingerprint density at radius 1 is 1.35 bits per heavy atom. The molecule has 1 fully saturated rings. The number of hydroxylamine groups is 1. The van der Waals surface area contributed by atoms with Crippen LogP contribution in [0.15, 0.2) is 24.3 Å². The smallest absolute Gasteiger partial charge is 0.267 e. The molecule has 1 aromatic rings. The highest BCUT2D eigenvalue weighted by Gasteiger charge is 2.40. The van der Waals surface area contributed by atoms with Gasteiger partial charge in [-0.1, -0.05) is 6.07 Å². The number of amides is 2. The van der Waals surface area contributed by atoms with Crippen molar-refractivity contribution in [3.05, 3.63) is 35.4 Å². The number of hydrogen-bond acceptors (Lipinski definition) is 5. The van der Waals surface area contributed by atoms with Crippen molar-refractivity contribution < 1.29 is 19.5 Å². The van der Waals surface area contributed by atoms with E-state index < -0.39 is 11.6 Å². The topological polar surface area (TPSA) is 99.7 Å². The zero-order chi connectivity index (χ0) is 15.6. The van der Waals surface area contributed by atoms with E-state index in [0.717, 1.165) is 25.9 Å². The van der Waals surface area contributed by atoms with Gasteiger partial charge in [-0.05, 0) is 23.8 Å². The summed E-state index contributed by atoms with van der Waals surface area (Å²) in [6.45, 7) is 1.60. The van der Waals surface area contributed by atoms with Crippen LogP contribution in [0.2, 0.25) is 0 Å². The number of carbonyl (C=O) groups excluding carboxylic acids is 2. The average molecular weight is 340 g/mol. The van der Waals surface area contributed by atoms with Gasteiger partial charge in [-0.15, -0.1) is 12.4 Å². The van der Waals surface area contributed by atoms with Crippen molar-refractivity contribution in [2.45, 2.75) is 18.6 Å². The van der Waals surface area contributed by atoms with E-state index in [4.69, 9.17) is 9.94 Å². The van der Waals surface area contributed by atoms with E-state index in [-0.39, 0.29) is 18.3 Å². The molecule has 124 valence electrons. The lowest BCUT2D eigenvalue weighted by atomic mass is 9.97. The minimum atomic E-state index is -0.632. The third-order valence-corrected chi connectivity index (χ3v) is 3.84. The average Bonchev–Trinajstić information content (AvgIpc) is 2.53. The summed E-state index contributed by atoms with van der Waals surface area (Å²) in [5.41, 5.74) is 2.00. The molecule has 0 unspecified atom stereocenters. The first-order valence-corrected chi connectivity index (χ1v) is 7.10. The number of carbonyl (C=O) groups is 2. The fourth-order valence-electron chi connectivity index (χ4n) is 2.69. The Morgan fingerprint density at radius 3 is 2.78 bits per heavy atom. The molecule has 8 heteroatoms. The Balaban J connectivity index is 0.00000192. The fraction of sp³-hybridized carbons (Fsp3) is 0.333. The van der Waals surface area contributed by atoms with Gasteiger partial charge in [0, 0.05) is 32.0 Å². The Labute approximate surface area is 139 Å². The van der Waals surface area contributed by atoms with Crippen molar-refractivity contribution in [1.29, 1.82) is 0 Å². The molecule has 2 heterocycles. The third kappa shape index (κ3) is 3.64. The predicted octanol–water partition coefficient (Wildman–Crippen LogP) is 0.829. The van der Waals surface area contributed by atoms with Gasteiger partial charge in [0.2, 0.25) is 0 Å². The number of ether oxygens (including phenoxy) is 1. The normalized spacial score (nSPS) is 18.6. The number of benzene rings is 1. The zero-order valence-electron chi connectivity index (χ0n) is 12.3. The Kier molecular flexibility index (Phi) is 5.25. The number of piperidine rings is 1. The molecule has 1 saturated heterocycles. The number of fused-ring (bicyclic) bond motifs is 1. The second-order valence-corrected chi connectivity index (χ2v) is 5.37. The fourth-order valence-corrected chi connectivity index (χ4v) is 2.69. The summed E-state index contributed by atoms with van der Waals surface area (Å²) in [6, 6.07) is 5.14. The van der Waals surface area contributed by atoms with Gasteiger partial charge in [0.15, 0.2) is 5.72 Å². The molecule has 0 bridgehead atoms. The van der Waals surface area contributed by atoms with Gasteiger partial charge in [-0.2, -0.15) is 0 Å². The highest BCUT2D eigenvalue weighted by atomic mass is 35.5. The quantitative estimate of drug-likeness (QED) is 0.363. The van der Waals surface area contributed by atoms with E-state index in [0.29, 0.717) is 16.9 Å². The molecule has 0 aromatic heterocycles. The van der Waals surface area contributed by atoms with Crippen LogP contribution in [0.4, 0.5) is 0 Å². The summed E-state index contributed by atoms with van der Waals surface area (Å²) in [6.07, 6.45) is 4.12. The Hall–Kier alpha value is -2.09. The molecule has 7 nitrogen and oxygen atoms in total. The SMILES string of the molecule is Cl.O=C(/C=C/c1ccc2c(c1)C(=O)NC1(CCNCC1)O2)NO. The minimum absolute atomic E-state index is 0. The molecule has 0 aliphatic carbocycles. The molecule has 1 spiro atoms. The third-order valence-electron chi connectivity index (χ3n) is 3.84. The summed E-state index contributed by atoms with van der Waals surface area (Å²) in [4.78, 5) is 23.3. The van der Waals surface area contributed by atoms with Crippen LogP contribution in [0.1, 0.15) is 28.8 Å². The maximum Gasteiger partial charge on any atom is 0.267 e. The van der Waals surface area contributed by atoms with Gasteiger partial charge in [0.05, 0.1) is 5.56 Å². The summed E-state index contributed by atoms with van der Waals surface area (Å²) in [7, 11) is 0. The molecule has 2 aliphatic rings. The first kappa shape index (κ1) is 17.3. The van der Waals surface area contributed by atoms with Crippen molar-refractivity contribution >= 4 is 30.3 Å². The second-order valence-electron chi connectivity index (χ2n) is 5.37. The van der Waals surface area contributed by atoms with E-state index in [1.165, 1.54) is 17.6 Å². The molecular weight excluding hydrogens is 322 g/mol. The minimum Gasteiger partial charge on any atom is -0.467 e. The second kappa shape index (κ2) is 6.99. The van der Waals surface area contributed by atoms with Crippen LogP contribution >= 0.6 is 12.4 Å². The van der Waals surface area contributed by atoms with Gasteiger partial charge >= 0.3 is 0 Å². The highest BCUT2D eigenvalue weighted by Crippen LogP contribution is 2.32. The molecule has 1 aromatic carbocycles. The van der Waals surface area contributed by atoms with Crippen molar-refractivity contribution in [2.75, 3.05) is 13.1 Å². The molecule has 3 rings (SSSR count). The van der Waals surface area contributed by atoms with E-state index in [1.54, 1.807) is 18.2 Å². The highest BCUT2D eigenvalue weighted by molar-refractivity contribution is 5.99. The summed E-state index contributed by atoms with van der Waals surface area (Å²) >= 11 is 0. The lowest BCUT2D eigenvalue weighted by Crippen LogP contribution is -2.60. The van der Waals surface area contributed by atoms with Gasteiger partial charge in [0.25, 0.3) is 11.8 Å². The van der Waals surface area contributed by atoms with Crippen LogP contribution in [-0.2, 0) is 4.79 Å². The lowest BCUT2D eigenvalue weighted by Gasteiger charge is -2.41. The van der Waals surface area contributed by atoms with Crippen molar-refractivity contribution in [2.24, 2.45) is 0 Å². The summed E-state index contributed by atoms with van der Waals surface area (Å²) in [5.74, 6) is -0.258. The van der Waals surface area contributed by atoms with Crippen molar-refractivity contribution in [1.82, 2.24) is 16.1 Å². The first-order chi connectivity index (χ1) is 10.6. The number of hydrogen-bond donors (Lipinski definition) is 4. The zero-order valence-corrected chi connectivity index (χ0v) is 13.1. The van der Waals surface area contributed by atoms with Gasteiger partial charge < -0.3 is 15.4 Å². The van der Waals surface area contributed by atoms with Gasteiger partial charge in [-0.3, -0.25) is 14.8 Å². The molecule has 0 saturated carbocycles. The molecule has 4 N–H and O–H groups in total. The predicted molar refractivity (Wildman–Crippen MR) is 85.6 cm³/mol. The van der Waals surface area contributed by atoms with Crippen LogP contribution in [0.3, 0.4) is 0 Å². The molecule has 2 amide bonds. The van der Waals surface area contributed by atoms with E-state index in [1.807, 2.05) is 0 Å². The van der Waals surface area contributed by atoms with Crippen LogP contribution in [0.25, 0.3) is 6.08 Å². The van der Waals surface area contributed by atoms with Gasteiger partial charge in [-0.25, -0.2) is 5.48 Å². The van der Waals surface area contributed by atoms with Crippen molar-refractivity contribution in [3.8, 4) is 5.75 Å². The maximum absolute atomic E-state index is 12.4. The lowest BCUT2D eigenvalue weighted by molar-refractivity contribution is -0.124. The number of nitrogens with one attached hydrogen (secondary N) is 3. The van der Waals surface area contributed by atoms with Crippen LogP contribution in [0, 0.1) is 0 Å². The number of halogens is 1. The van der Waals surface area contributed by atoms with Crippen LogP contribution < -0.4 is 20.9 Å². The van der Waals surface area contributed by atoms with Crippen LogP contribution in [-0.4, -0.2) is 35.8 Å². The number of rotatable bonds is 2. The largest absolute Gasteiger partial charge is 0.467 e. The van der Waals surface area contributed by atoms with Gasteiger partial charge in [0.1, 0.15) is 5.75 Å². The molecular formula is C15H18ClN3O4. The Morgan fingerprint density at radius 2 is 2.09 bits per heavy atom. The van der Waals surface area contributed by atoms with E-state index >= 15 is 0 Å². The first-order valence-electron chi connectivity index (χ1n) is 7.10. The maximum atomic E-state index is 12.4.